The van der Waals surface area contributed by atoms with Gasteiger partial charge in [0.2, 0.25) is 5.75 Å². The van der Waals surface area contributed by atoms with Gasteiger partial charge in [-0.3, -0.25) is 0 Å². The Morgan fingerprint density at radius 1 is 1.12 bits per heavy atom. The summed E-state index contributed by atoms with van der Waals surface area (Å²) in [5.74, 6) is -0.417. The zero-order valence-corrected chi connectivity index (χ0v) is 13.7. The third kappa shape index (κ3) is 3.93. The van der Waals surface area contributed by atoms with Crippen LogP contribution < -0.4 is 14.3 Å². The molecule has 2 N–H and O–H groups in total. The summed E-state index contributed by atoms with van der Waals surface area (Å²) in [4.78, 5) is 1.88. The van der Waals surface area contributed by atoms with Gasteiger partial charge in [-0.05, 0) is 36.4 Å². The van der Waals surface area contributed by atoms with Crippen LogP contribution in [0.1, 0.15) is 5.56 Å². The summed E-state index contributed by atoms with van der Waals surface area (Å²) in [6.45, 7) is 0. The summed E-state index contributed by atoms with van der Waals surface area (Å²) in [6.07, 6.45) is 1.21. The van der Waals surface area contributed by atoms with Crippen LogP contribution in [0.25, 0.3) is 0 Å². The van der Waals surface area contributed by atoms with Crippen molar-refractivity contribution < 1.29 is 27.4 Å². The first-order valence-electron chi connectivity index (χ1n) is 6.63. The molecule has 7 nitrogen and oxygen atoms in total. The Hall–Kier alpha value is -2.81. The van der Waals surface area contributed by atoms with E-state index in [1.54, 1.807) is 0 Å². The summed E-state index contributed by atoms with van der Waals surface area (Å²) in [6, 6.07) is 7.22. The van der Waals surface area contributed by atoms with E-state index in [1.165, 1.54) is 32.6 Å². The number of hydrogen-bond acceptors (Lipinski definition) is 6. The predicted molar refractivity (Wildman–Crippen MR) is 85.5 cm³/mol. The van der Waals surface area contributed by atoms with Crippen LogP contribution >= 0.6 is 0 Å². The molecule has 0 aromatic heterocycles. The van der Waals surface area contributed by atoms with E-state index in [-0.39, 0.29) is 22.1 Å². The molecule has 0 aliphatic heterocycles. The number of hydrazone groups is 1. The number of rotatable bonds is 6. The van der Waals surface area contributed by atoms with E-state index in [2.05, 4.69) is 5.10 Å². The molecule has 0 bridgehead atoms. The molecule has 0 amide bonds. The minimum Gasteiger partial charge on any atom is -0.502 e. The average molecular weight is 354 g/mol. The molecule has 0 spiro atoms. The second-order valence-corrected chi connectivity index (χ2v) is 6.24. The van der Waals surface area contributed by atoms with Crippen LogP contribution in [-0.2, 0) is 10.0 Å². The highest BCUT2D eigenvalue weighted by molar-refractivity contribution is 7.89. The van der Waals surface area contributed by atoms with Crippen molar-refractivity contribution in [2.75, 3.05) is 14.2 Å². The number of aromatic hydroxyl groups is 1. The maximum atomic E-state index is 12.8. The van der Waals surface area contributed by atoms with Crippen molar-refractivity contribution in [3.05, 3.63) is 47.8 Å². The van der Waals surface area contributed by atoms with E-state index >= 15 is 0 Å². The smallest absolute Gasteiger partial charge is 0.276 e. The van der Waals surface area contributed by atoms with Crippen molar-refractivity contribution in [1.29, 1.82) is 0 Å². The lowest BCUT2D eigenvalue weighted by Gasteiger charge is -2.09. The van der Waals surface area contributed by atoms with Crippen LogP contribution in [0.2, 0.25) is 0 Å². The number of sulfonamides is 1. The number of halogens is 1. The maximum absolute atomic E-state index is 12.8. The van der Waals surface area contributed by atoms with Crippen LogP contribution in [-0.4, -0.2) is 34.0 Å². The summed E-state index contributed by atoms with van der Waals surface area (Å²) in [7, 11) is -1.18. The Kier molecular flexibility index (Phi) is 5.24. The molecule has 0 heterocycles. The number of ether oxygens (including phenoxy) is 2. The van der Waals surface area contributed by atoms with Crippen LogP contribution in [0, 0.1) is 5.82 Å². The van der Waals surface area contributed by atoms with E-state index in [9.17, 15) is 17.9 Å². The minimum atomic E-state index is -3.91. The van der Waals surface area contributed by atoms with E-state index in [1.807, 2.05) is 4.83 Å². The minimum absolute atomic E-state index is 0.123. The molecule has 128 valence electrons. The van der Waals surface area contributed by atoms with Crippen molar-refractivity contribution in [2.45, 2.75) is 4.90 Å². The molecule has 0 fully saturated rings. The molecule has 0 aliphatic carbocycles. The van der Waals surface area contributed by atoms with Gasteiger partial charge >= 0.3 is 0 Å². The van der Waals surface area contributed by atoms with E-state index in [4.69, 9.17) is 9.47 Å². The number of phenols is 1. The summed E-state index contributed by atoms with van der Waals surface area (Å²) in [5, 5.41) is 13.4. The first-order chi connectivity index (χ1) is 11.4. The van der Waals surface area contributed by atoms with Gasteiger partial charge < -0.3 is 14.6 Å². The molecular formula is C15H15FN2O5S. The highest BCUT2D eigenvalue weighted by Crippen LogP contribution is 2.36. The Bertz CT molecular complexity index is 826. The van der Waals surface area contributed by atoms with E-state index in [0.717, 1.165) is 24.3 Å². The van der Waals surface area contributed by atoms with Crippen molar-refractivity contribution >= 4 is 16.2 Å². The second-order valence-electron chi connectivity index (χ2n) is 4.58. The van der Waals surface area contributed by atoms with Gasteiger partial charge in [0.25, 0.3) is 10.0 Å². The standard InChI is InChI=1S/C15H15FN2O5S/c1-22-13-7-10(8-14(23-2)15(13)19)9-17-18-24(20,21)12-5-3-11(16)4-6-12/h3-9,18-19H,1-2H3/b17-9+. The predicted octanol–water partition coefficient (Wildman–Crippen LogP) is 1.86. The van der Waals surface area contributed by atoms with Gasteiger partial charge in [0.1, 0.15) is 5.82 Å². The lowest BCUT2D eigenvalue weighted by molar-refractivity contribution is 0.340. The molecule has 0 radical (unpaired) electrons. The van der Waals surface area contributed by atoms with Crippen molar-refractivity contribution in [1.82, 2.24) is 4.83 Å². The van der Waals surface area contributed by atoms with E-state index < -0.39 is 15.8 Å². The number of methoxy groups -OCH3 is 2. The summed E-state index contributed by atoms with van der Waals surface area (Å²) >= 11 is 0. The van der Waals surface area contributed by atoms with Gasteiger partial charge in [-0.15, -0.1) is 0 Å². The number of benzene rings is 2. The van der Waals surface area contributed by atoms with Gasteiger partial charge in [0, 0.05) is 5.56 Å². The molecule has 0 aliphatic rings. The SMILES string of the molecule is COc1cc(/C=N/NS(=O)(=O)c2ccc(F)cc2)cc(OC)c1O. The van der Waals surface area contributed by atoms with Gasteiger partial charge in [-0.2, -0.15) is 13.5 Å². The fourth-order valence-electron chi connectivity index (χ4n) is 1.83. The van der Waals surface area contributed by atoms with E-state index in [0.29, 0.717) is 5.56 Å². The fourth-order valence-corrected chi connectivity index (χ4v) is 2.62. The molecule has 24 heavy (non-hydrogen) atoms. The molecule has 0 saturated heterocycles. The average Bonchev–Trinajstić information content (AvgIpc) is 2.56. The van der Waals surface area contributed by atoms with Crippen LogP contribution in [0.3, 0.4) is 0 Å². The molecule has 0 atom stereocenters. The number of nitrogens with one attached hydrogen (secondary N) is 1. The largest absolute Gasteiger partial charge is 0.502 e. The summed E-state index contributed by atoms with van der Waals surface area (Å²) < 4.78 is 46.8. The normalized spacial score (nSPS) is 11.5. The molecule has 0 unspecified atom stereocenters. The molecule has 2 rings (SSSR count). The lowest BCUT2D eigenvalue weighted by Crippen LogP contribution is -2.18. The van der Waals surface area contributed by atoms with Crippen LogP contribution in [0.5, 0.6) is 17.2 Å². The Morgan fingerprint density at radius 3 is 2.17 bits per heavy atom. The van der Waals surface area contributed by atoms with Crippen LogP contribution in [0.4, 0.5) is 4.39 Å². The third-order valence-corrected chi connectivity index (χ3v) is 4.25. The molecule has 2 aromatic rings. The lowest BCUT2D eigenvalue weighted by atomic mass is 10.2. The first kappa shape index (κ1) is 17.5. The Morgan fingerprint density at radius 2 is 1.67 bits per heavy atom. The molecule has 9 heteroatoms. The zero-order chi connectivity index (χ0) is 17.7. The van der Waals surface area contributed by atoms with Gasteiger partial charge in [-0.25, -0.2) is 9.22 Å². The Labute approximate surface area is 138 Å². The number of phenolic OH excluding ortho intramolecular Hbond substituents is 1. The molecule has 0 saturated carbocycles. The molecular weight excluding hydrogens is 339 g/mol. The molecule has 2 aromatic carbocycles. The van der Waals surface area contributed by atoms with Crippen molar-refractivity contribution in [3.63, 3.8) is 0 Å². The first-order valence-corrected chi connectivity index (χ1v) is 8.11. The topological polar surface area (TPSA) is 97.2 Å². The zero-order valence-electron chi connectivity index (χ0n) is 12.9. The van der Waals surface area contributed by atoms with Gasteiger partial charge in [0.05, 0.1) is 25.3 Å². The van der Waals surface area contributed by atoms with Gasteiger partial charge in [-0.1, -0.05) is 0 Å². The second kappa shape index (κ2) is 7.18. The maximum Gasteiger partial charge on any atom is 0.276 e. The third-order valence-electron chi connectivity index (χ3n) is 3.01. The quantitative estimate of drug-likeness (QED) is 0.610. The monoisotopic (exact) mass is 354 g/mol. The highest BCUT2D eigenvalue weighted by Gasteiger charge is 2.13. The van der Waals surface area contributed by atoms with Crippen molar-refractivity contribution in [2.24, 2.45) is 5.10 Å². The number of hydrogen-bond donors (Lipinski definition) is 2. The van der Waals surface area contributed by atoms with Crippen LogP contribution in [0.15, 0.2) is 46.4 Å². The van der Waals surface area contributed by atoms with Crippen molar-refractivity contribution in [3.8, 4) is 17.2 Å². The Balaban J connectivity index is 2.21. The fraction of sp³-hybridized carbons (Fsp3) is 0.133. The number of nitrogens with zero attached hydrogens (tertiary/aromatic N) is 1. The highest BCUT2D eigenvalue weighted by atomic mass is 32.2. The summed E-state index contributed by atoms with van der Waals surface area (Å²) in [5.41, 5.74) is 0.434. The van der Waals surface area contributed by atoms with Gasteiger partial charge in [0.15, 0.2) is 11.5 Å².